The van der Waals surface area contributed by atoms with E-state index in [0.29, 0.717) is 38.0 Å². The number of amides is 6. The molecule has 1 aliphatic heterocycles. The normalized spacial score (nSPS) is 18.5. The van der Waals surface area contributed by atoms with E-state index in [2.05, 4.69) is 21.3 Å². The number of nitrogens with one attached hydrogen (secondary N) is 4. The number of allylic oxidation sites excluding steroid dienone is 1. The van der Waals surface area contributed by atoms with E-state index in [1.807, 2.05) is 27.7 Å². The van der Waals surface area contributed by atoms with Crippen LogP contribution in [0.1, 0.15) is 67.2 Å². The molecule has 5 atom stereocenters. The standard InChI is InChI=1S/C30H55N9O7/c1-8-20(10-11-37(7)28(45)23(36-18-40)14-34-19(3)41)12-21(31)16-39(32)26(30(4,5)6)29(46)38-17-22(42)13-24(38)27(44)35-15-25(43)33-9-2/h16,18,20,22-24,26,42H,8-15,17,31-32H2,1-7H3,(H,33,43)(H,34,41)(H,35,44)(H,36,40)/b21-16-/t20?,22-,23-,24?,26?/m1/s1. The Bertz CT molecular complexity index is 1100. The number of aliphatic hydroxyl groups is 1. The third-order valence-corrected chi connectivity index (χ3v) is 7.80. The van der Waals surface area contributed by atoms with Crippen molar-refractivity contribution in [1.29, 1.82) is 0 Å². The predicted molar refractivity (Wildman–Crippen MR) is 172 cm³/mol. The number of carbonyl (C=O) groups excluding carboxylic acids is 6. The van der Waals surface area contributed by atoms with Crippen molar-refractivity contribution in [2.75, 3.05) is 39.8 Å². The van der Waals surface area contributed by atoms with Gasteiger partial charge in [0.2, 0.25) is 35.9 Å². The number of nitrogens with zero attached hydrogens (tertiary/aromatic N) is 3. The zero-order chi connectivity index (χ0) is 35.2. The number of hydrogen-bond donors (Lipinski definition) is 7. The van der Waals surface area contributed by atoms with Crippen LogP contribution in [0.2, 0.25) is 0 Å². The number of carbonyl (C=O) groups is 6. The molecule has 1 aliphatic rings. The lowest BCUT2D eigenvalue weighted by Crippen LogP contribution is -2.58. The van der Waals surface area contributed by atoms with Crippen LogP contribution in [0.3, 0.4) is 0 Å². The summed E-state index contributed by atoms with van der Waals surface area (Å²) in [6, 6.07) is -2.80. The first kappa shape index (κ1) is 40.1. The summed E-state index contributed by atoms with van der Waals surface area (Å²) >= 11 is 0. The summed E-state index contributed by atoms with van der Waals surface area (Å²) in [5.74, 6) is 4.48. The molecule has 0 radical (unpaired) electrons. The van der Waals surface area contributed by atoms with Crippen LogP contribution in [-0.4, -0.2) is 120 Å². The third kappa shape index (κ3) is 12.8. The van der Waals surface area contributed by atoms with Crippen molar-refractivity contribution in [2.45, 2.75) is 91.5 Å². The molecule has 0 aromatic carbocycles. The van der Waals surface area contributed by atoms with E-state index >= 15 is 0 Å². The minimum atomic E-state index is -0.972. The summed E-state index contributed by atoms with van der Waals surface area (Å²) in [6.07, 6.45) is 2.78. The van der Waals surface area contributed by atoms with Gasteiger partial charge < -0.3 is 46.9 Å². The molecule has 0 aromatic heterocycles. The number of hydrogen-bond acceptors (Lipinski definition) is 10. The highest BCUT2D eigenvalue weighted by Gasteiger charge is 2.45. The second-order valence-corrected chi connectivity index (χ2v) is 12.8. The zero-order valence-corrected chi connectivity index (χ0v) is 28.3. The lowest BCUT2D eigenvalue weighted by molar-refractivity contribution is -0.145. The highest BCUT2D eigenvalue weighted by atomic mass is 16.3. The van der Waals surface area contributed by atoms with Crippen molar-refractivity contribution >= 4 is 35.9 Å². The SMILES string of the molecule is CCNC(=O)CNC(=O)C1C[C@@H](O)CN1C(=O)C(N(N)/C=C(\N)CC(CC)CCN(C)C(=O)[C@@H](CNC(C)=O)NC=O)C(C)(C)C. The molecule has 262 valence electrons. The van der Waals surface area contributed by atoms with Gasteiger partial charge in [0.25, 0.3) is 0 Å². The molecule has 1 saturated heterocycles. The first-order valence-corrected chi connectivity index (χ1v) is 15.7. The Morgan fingerprint density at radius 2 is 1.76 bits per heavy atom. The largest absolute Gasteiger partial charge is 0.401 e. The maximum atomic E-state index is 13.9. The quantitative estimate of drug-likeness (QED) is 0.0494. The number of aliphatic hydroxyl groups excluding tert-OH is 1. The van der Waals surface area contributed by atoms with E-state index in [1.54, 1.807) is 14.0 Å². The monoisotopic (exact) mass is 653 g/mol. The maximum absolute atomic E-state index is 13.9. The van der Waals surface area contributed by atoms with Gasteiger partial charge in [-0.15, -0.1) is 0 Å². The number of likely N-dealkylation sites (N-methyl/N-ethyl adjacent to an activating group) is 2. The molecule has 0 saturated carbocycles. The molecule has 1 fully saturated rings. The van der Waals surface area contributed by atoms with Gasteiger partial charge in [-0.1, -0.05) is 34.1 Å². The van der Waals surface area contributed by atoms with Gasteiger partial charge >= 0.3 is 0 Å². The minimum absolute atomic E-state index is 0.0257. The van der Waals surface area contributed by atoms with E-state index < -0.39 is 41.5 Å². The fourth-order valence-corrected chi connectivity index (χ4v) is 5.35. The van der Waals surface area contributed by atoms with Crippen molar-refractivity contribution in [3.05, 3.63) is 11.9 Å². The molecule has 3 unspecified atom stereocenters. The van der Waals surface area contributed by atoms with Crippen molar-refractivity contribution in [3.8, 4) is 0 Å². The molecule has 0 spiro atoms. The van der Waals surface area contributed by atoms with Crippen LogP contribution in [-0.2, 0) is 28.8 Å². The van der Waals surface area contributed by atoms with Gasteiger partial charge in [-0.25, -0.2) is 5.84 Å². The molecule has 1 rings (SSSR count). The molecule has 16 nitrogen and oxygen atoms in total. The van der Waals surface area contributed by atoms with Crippen LogP contribution in [0, 0.1) is 11.3 Å². The number of likely N-dealkylation sites (tertiary alicyclic amines) is 1. The van der Waals surface area contributed by atoms with Crippen molar-refractivity contribution < 1.29 is 33.9 Å². The molecular weight excluding hydrogens is 598 g/mol. The molecular formula is C30H55N9O7. The Morgan fingerprint density at radius 1 is 1.11 bits per heavy atom. The Hall–Kier alpha value is -3.92. The molecule has 0 aliphatic carbocycles. The molecule has 9 N–H and O–H groups in total. The molecule has 0 aromatic rings. The Morgan fingerprint density at radius 3 is 2.30 bits per heavy atom. The second kappa shape index (κ2) is 18.9. The Balaban J connectivity index is 2.98. The third-order valence-electron chi connectivity index (χ3n) is 7.80. The highest BCUT2D eigenvalue weighted by Crippen LogP contribution is 2.29. The van der Waals surface area contributed by atoms with Crippen LogP contribution >= 0.6 is 0 Å². The van der Waals surface area contributed by atoms with E-state index in [9.17, 15) is 33.9 Å². The summed E-state index contributed by atoms with van der Waals surface area (Å²) in [4.78, 5) is 76.5. The van der Waals surface area contributed by atoms with Gasteiger partial charge in [0.05, 0.1) is 12.6 Å². The molecule has 16 heteroatoms. The second-order valence-electron chi connectivity index (χ2n) is 12.8. The fraction of sp³-hybridized carbons (Fsp3) is 0.733. The lowest BCUT2D eigenvalue weighted by atomic mass is 9.85. The van der Waals surface area contributed by atoms with Crippen LogP contribution < -0.4 is 32.8 Å². The van der Waals surface area contributed by atoms with Gasteiger partial charge in [0.15, 0.2) is 0 Å². The number of β-amino-alcohol motifs (C(OH)–C–C–N with tert-alkyl or cyclic N) is 1. The van der Waals surface area contributed by atoms with Crippen molar-refractivity contribution in [3.63, 3.8) is 0 Å². The van der Waals surface area contributed by atoms with Gasteiger partial charge in [-0.2, -0.15) is 0 Å². The van der Waals surface area contributed by atoms with Gasteiger partial charge in [0.1, 0.15) is 18.1 Å². The van der Waals surface area contributed by atoms with Crippen molar-refractivity contribution in [1.82, 2.24) is 36.1 Å². The maximum Gasteiger partial charge on any atom is 0.248 e. The minimum Gasteiger partial charge on any atom is -0.401 e. The molecule has 46 heavy (non-hydrogen) atoms. The first-order valence-electron chi connectivity index (χ1n) is 15.7. The summed E-state index contributed by atoms with van der Waals surface area (Å²) < 4.78 is 0. The number of hydrazine groups is 1. The Labute approximate surface area is 272 Å². The van der Waals surface area contributed by atoms with E-state index in [4.69, 9.17) is 11.6 Å². The fourth-order valence-electron chi connectivity index (χ4n) is 5.35. The van der Waals surface area contributed by atoms with E-state index in [1.165, 1.54) is 27.9 Å². The summed E-state index contributed by atoms with van der Waals surface area (Å²) in [5, 5.41) is 21.7. The average molecular weight is 654 g/mol. The summed E-state index contributed by atoms with van der Waals surface area (Å²) in [5.41, 5.74) is 6.11. The van der Waals surface area contributed by atoms with Crippen LogP contribution in [0.5, 0.6) is 0 Å². The molecule has 0 bridgehead atoms. The first-order chi connectivity index (χ1) is 21.5. The van der Waals surface area contributed by atoms with Gasteiger partial charge in [-0.05, 0) is 31.1 Å². The number of rotatable bonds is 18. The summed E-state index contributed by atoms with van der Waals surface area (Å²) in [7, 11) is 1.62. The van der Waals surface area contributed by atoms with Crippen LogP contribution in [0.15, 0.2) is 11.9 Å². The van der Waals surface area contributed by atoms with E-state index in [0.717, 1.165) is 6.42 Å². The highest BCUT2D eigenvalue weighted by molar-refractivity contribution is 5.92. The number of nitrogens with two attached hydrogens (primary N) is 2. The average Bonchev–Trinajstić information content (AvgIpc) is 3.36. The molecule has 1 heterocycles. The summed E-state index contributed by atoms with van der Waals surface area (Å²) in [6.45, 7) is 11.0. The topological polar surface area (TPSA) is 233 Å². The Kier molecular flexibility index (Phi) is 16.5. The molecule has 6 amide bonds. The predicted octanol–water partition coefficient (Wildman–Crippen LogP) is -1.89. The smallest absolute Gasteiger partial charge is 0.248 e. The lowest BCUT2D eigenvalue weighted by Gasteiger charge is -2.39. The zero-order valence-electron chi connectivity index (χ0n) is 28.3. The van der Waals surface area contributed by atoms with Crippen LogP contribution in [0.25, 0.3) is 0 Å². The van der Waals surface area contributed by atoms with Crippen molar-refractivity contribution in [2.24, 2.45) is 22.9 Å². The van der Waals surface area contributed by atoms with Gasteiger partial charge in [0, 0.05) is 58.5 Å². The van der Waals surface area contributed by atoms with E-state index in [-0.39, 0.29) is 49.7 Å². The van der Waals surface area contributed by atoms with Crippen LogP contribution in [0.4, 0.5) is 0 Å². The van der Waals surface area contributed by atoms with Gasteiger partial charge in [-0.3, -0.25) is 28.8 Å².